The number of anilines is 1. The molecule has 0 bridgehead atoms. The van der Waals surface area contributed by atoms with Crippen LogP contribution in [0.4, 0.5) is 5.69 Å². The molecule has 0 aromatic carbocycles. The van der Waals surface area contributed by atoms with Crippen molar-refractivity contribution in [3.05, 3.63) is 35.9 Å². The maximum Gasteiger partial charge on any atom is 0.0759 e. The number of aryl methyl sites for hydroxylation is 2. The van der Waals surface area contributed by atoms with Crippen molar-refractivity contribution in [2.24, 2.45) is 14.1 Å². The number of nitrogens with one attached hydrogen (secondary N) is 1. The molecular weight excluding hydrogens is 224 g/mol. The van der Waals surface area contributed by atoms with Gasteiger partial charge in [-0.15, -0.1) is 12.4 Å². The summed E-state index contributed by atoms with van der Waals surface area (Å²) in [6, 6.07) is 4.16. The summed E-state index contributed by atoms with van der Waals surface area (Å²) in [6.45, 7) is 2.89. The second kappa shape index (κ2) is 5.07. The third kappa shape index (κ3) is 2.39. The lowest BCUT2D eigenvalue weighted by Crippen LogP contribution is -2.04. The second-order valence-corrected chi connectivity index (χ2v) is 3.73. The van der Waals surface area contributed by atoms with E-state index in [0.29, 0.717) is 0 Å². The Labute approximate surface area is 102 Å². The van der Waals surface area contributed by atoms with Gasteiger partial charge in [0.15, 0.2) is 0 Å². The molecule has 0 aliphatic rings. The van der Waals surface area contributed by atoms with E-state index < -0.39 is 0 Å². The summed E-state index contributed by atoms with van der Waals surface area (Å²) in [5.74, 6) is 0. The van der Waals surface area contributed by atoms with Crippen LogP contribution < -0.4 is 5.32 Å². The fourth-order valence-corrected chi connectivity index (χ4v) is 1.54. The van der Waals surface area contributed by atoms with Crippen LogP contribution in [-0.4, -0.2) is 14.3 Å². The van der Waals surface area contributed by atoms with E-state index in [9.17, 15) is 0 Å². The zero-order valence-corrected chi connectivity index (χ0v) is 10.6. The van der Waals surface area contributed by atoms with E-state index >= 15 is 0 Å². The predicted octanol–water partition coefficient (Wildman–Crippen LogP) is 2.10. The minimum Gasteiger partial charge on any atom is -0.377 e. The molecule has 88 valence electrons. The highest BCUT2D eigenvalue weighted by Crippen LogP contribution is 2.13. The lowest BCUT2D eigenvalue weighted by atomic mass is 10.3. The summed E-state index contributed by atoms with van der Waals surface area (Å²) in [5.41, 5.74) is 3.51. The lowest BCUT2D eigenvalue weighted by molar-refractivity contribution is 0.740. The van der Waals surface area contributed by atoms with Crippen molar-refractivity contribution in [1.82, 2.24) is 14.3 Å². The molecule has 0 spiro atoms. The first-order valence-electron chi connectivity index (χ1n) is 5.01. The molecule has 1 N–H and O–H groups in total. The van der Waals surface area contributed by atoms with E-state index in [2.05, 4.69) is 28.0 Å². The van der Waals surface area contributed by atoms with Gasteiger partial charge in [-0.25, -0.2) is 0 Å². The molecule has 4 nitrogen and oxygen atoms in total. The zero-order chi connectivity index (χ0) is 10.8. The van der Waals surface area contributed by atoms with Crippen LogP contribution in [-0.2, 0) is 20.6 Å². The average Bonchev–Trinajstić information content (AvgIpc) is 2.74. The first-order chi connectivity index (χ1) is 7.18. The van der Waals surface area contributed by atoms with Gasteiger partial charge in [-0.2, -0.15) is 5.10 Å². The molecule has 16 heavy (non-hydrogen) atoms. The minimum absolute atomic E-state index is 0. The van der Waals surface area contributed by atoms with Gasteiger partial charge in [0.25, 0.3) is 0 Å². The number of nitrogens with zero attached hydrogens (tertiary/aromatic N) is 3. The molecule has 2 rings (SSSR count). The van der Waals surface area contributed by atoms with E-state index in [1.807, 2.05) is 37.2 Å². The summed E-state index contributed by atoms with van der Waals surface area (Å²) in [4.78, 5) is 0. The number of aromatic nitrogens is 3. The molecule has 0 aliphatic heterocycles. The van der Waals surface area contributed by atoms with Crippen LogP contribution in [0.1, 0.15) is 11.4 Å². The largest absolute Gasteiger partial charge is 0.377 e. The second-order valence-electron chi connectivity index (χ2n) is 3.73. The smallest absolute Gasteiger partial charge is 0.0759 e. The Hall–Kier alpha value is -1.42. The third-order valence-corrected chi connectivity index (χ3v) is 2.75. The summed E-state index contributed by atoms with van der Waals surface area (Å²) in [5, 5.41) is 7.56. The van der Waals surface area contributed by atoms with Crippen LogP contribution >= 0.6 is 12.4 Å². The minimum atomic E-state index is 0. The van der Waals surface area contributed by atoms with Crippen LogP contribution in [0.5, 0.6) is 0 Å². The van der Waals surface area contributed by atoms with Crippen molar-refractivity contribution in [2.75, 3.05) is 5.32 Å². The lowest BCUT2D eigenvalue weighted by Gasteiger charge is -2.06. The average molecular weight is 241 g/mol. The standard InChI is InChI=1S/C11H16N4.ClH/c1-9-11(8-13-15(9)3)12-7-10-5-4-6-14(10)2;/h4-6,8,12H,7H2,1-3H3;1H. The van der Waals surface area contributed by atoms with Gasteiger partial charge in [0.2, 0.25) is 0 Å². The van der Waals surface area contributed by atoms with Gasteiger partial charge in [0, 0.05) is 26.0 Å². The molecule has 2 aromatic heterocycles. The monoisotopic (exact) mass is 240 g/mol. The molecule has 0 radical (unpaired) electrons. The summed E-state index contributed by atoms with van der Waals surface area (Å²) in [6.07, 6.45) is 3.91. The Kier molecular flexibility index (Phi) is 4.01. The molecule has 0 amide bonds. The summed E-state index contributed by atoms with van der Waals surface area (Å²) >= 11 is 0. The summed E-state index contributed by atoms with van der Waals surface area (Å²) in [7, 11) is 4.00. The Bertz CT molecular complexity index is 458. The molecule has 0 fully saturated rings. The third-order valence-electron chi connectivity index (χ3n) is 2.75. The van der Waals surface area contributed by atoms with Gasteiger partial charge in [-0.05, 0) is 19.1 Å². The number of halogens is 1. The van der Waals surface area contributed by atoms with Crippen LogP contribution in [0.3, 0.4) is 0 Å². The quantitative estimate of drug-likeness (QED) is 0.892. The first-order valence-corrected chi connectivity index (χ1v) is 5.01. The Morgan fingerprint density at radius 1 is 1.38 bits per heavy atom. The van der Waals surface area contributed by atoms with Gasteiger partial charge in [-0.1, -0.05) is 0 Å². The molecule has 0 unspecified atom stereocenters. The fourth-order valence-electron chi connectivity index (χ4n) is 1.54. The number of hydrogen-bond acceptors (Lipinski definition) is 2. The van der Waals surface area contributed by atoms with Gasteiger partial charge in [0.05, 0.1) is 24.1 Å². The van der Waals surface area contributed by atoms with Crippen molar-refractivity contribution in [1.29, 1.82) is 0 Å². The molecule has 5 heteroatoms. The Morgan fingerprint density at radius 2 is 2.12 bits per heavy atom. The normalized spacial score (nSPS) is 9.94. The molecule has 2 heterocycles. The van der Waals surface area contributed by atoms with E-state index in [-0.39, 0.29) is 12.4 Å². The Morgan fingerprint density at radius 3 is 2.62 bits per heavy atom. The van der Waals surface area contributed by atoms with Crippen LogP contribution in [0.2, 0.25) is 0 Å². The van der Waals surface area contributed by atoms with E-state index in [1.54, 1.807) is 0 Å². The first kappa shape index (κ1) is 12.6. The Balaban J connectivity index is 0.00000128. The predicted molar refractivity (Wildman–Crippen MR) is 67.9 cm³/mol. The molecule has 0 saturated carbocycles. The van der Waals surface area contributed by atoms with Gasteiger partial charge in [0.1, 0.15) is 0 Å². The number of hydrogen-bond donors (Lipinski definition) is 1. The number of rotatable bonds is 3. The van der Waals surface area contributed by atoms with Gasteiger partial charge >= 0.3 is 0 Å². The SMILES string of the molecule is Cc1c(NCc2cccn2C)cnn1C.Cl. The van der Waals surface area contributed by atoms with E-state index in [0.717, 1.165) is 17.9 Å². The van der Waals surface area contributed by atoms with E-state index in [1.165, 1.54) is 5.69 Å². The highest BCUT2D eigenvalue weighted by Gasteiger charge is 2.03. The van der Waals surface area contributed by atoms with Crippen molar-refractivity contribution in [3.63, 3.8) is 0 Å². The van der Waals surface area contributed by atoms with Gasteiger partial charge in [-0.3, -0.25) is 4.68 Å². The van der Waals surface area contributed by atoms with Crippen LogP contribution in [0.15, 0.2) is 24.5 Å². The zero-order valence-electron chi connectivity index (χ0n) is 9.77. The van der Waals surface area contributed by atoms with Crippen molar-refractivity contribution in [3.8, 4) is 0 Å². The molecule has 0 saturated heterocycles. The van der Waals surface area contributed by atoms with Gasteiger partial charge < -0.3 is 9.88 Å². The molecule has 0 atom stereocenters. The molecule has 0 aliphatic carbocycles. The maximum atomic E-state index is 4.19. The van der Waals surface area contributed by atoms with Crippen molar-refractivity contribution >= 4 is 18.1 Å². The topological polar surface area (TPSA) is 34.8 Å². The highest BCUT2D eigenvalue weighted by atomic mass is 35.5. The van der Waals surface area contributed by atoms with Crippen molar-refractivity contribution < 1.29 is 0 Å². The van der Waals surface area contributed by atoms with Crippen LogP contribution in [0.25, 0.3) is 0 Å². The molecule has 2 aromatic rings. The summed E-state index contributed by atoms with van der Waals surface area (Å²) < 4.78 is 3.98. The fraction of sp³-hybridized carbons (Fsp3) is 0.364. The van der Waals surface area contributed by atoms with E-state index in [4.69, 9.17) is 0 Å². The van der Waals surface area contributed by atoms with Crippen LogP contribution in [0, 0.1) is 6.92 Å². The maximum absolute atomic E-state index is 4.19. The van der Waals surface area contributed by atoms with Crippen molar-refractivity contribution in [2.45, 2.75) is 13.5 Å². The highest BCUT2D eigenvalue weighted by molar-refractivity contribution is 5.85. The molecular formula is C11H17ClN4.